The van der Waals surface area contributed by atoms with E-state index < -0.39 is 7.05 Å². The summed E-state index contributed by atoms with van der Waals surface area (Å²) in [6.45, 7) is 30.6. The quantitative estimate of drug-likeness (QED) is 0.137. The molecule has 2 aliphatic rings. The standard InChI is InChI=1S/C17H30N3P.C11H13NO.C7H19BN2O.2C2H6/c1-16(2,17(3,4)19-21)18-14-10-12-20(13-11-14)15-8-6-5-7-9-15;13-11-6-8-12(9-7-11)10-4-2-1-3-5-10;1-6(2,9)7(3,4)10-8(5)11;2*1-2/h5-9,14,18-19H,10-13,21H2,1-4H3;1-5H,6-9H2;10-11H,9H2,1-5H3;2*1-2H3. The number of anilines is 2. The van der Waals surface area contributed by atoms with Gasteiger partial charge in [-0.2, -0.15) is 0 Å². The van der Waals surface area contributed by atoms with E-state index in [2.05, 4.69) is 105 Å². The molecule has 4 rings (SSSR count). The highest BCUT2D eigenvalue weighted by Gasteiger charge is 2.38. The van der Waals surface area contributed by atoms with Crippen LogP contribution in [0.5, 0.6) is 0 Å². The van der Waals surface area contributed by atoms with E-state index in [1.165, 1.54) is 24.2 Å². The van der Waals surface area contributed by atoms with Gasteiger partial charge in [0.25, 0.3) is 0 Å². The van der Waals surface area contributed by atoms with E-state index in [0.717, 1.165) is 26.2 Å². The molecule has 280 valence electrons. The van der Waals surface area contributed by atoms with Crippen LogP contribution in [0, 0.1) is 0 Å². The van der Waals surface area contributed by atoms with Crippen LogP contribution >= 0.6 is 9.39 Å². The van der Waals surface area contributed by atoms with Crippen LogP contribution in [0.1, 0.15) is 109 Å². The molecule has 6 N–H and O–H groups in total. The SMILES string of the molecule is CB(O)NC(C)(C)C(C)(C)N.CC.CC.CC(C)(NP)C(C)(C)NC1CCN(c2ccccc2)CC1.O=C1CCN(c2ccccc2)CC1. The molecule has 1 atom stereocenters. The number of nitrogens with zero attached hydrogens (tertiary/aromatic N) is 2. The Morgan fingerprint density at radius 1 is 0.714 bits per heavy atom. The topological polar surface area (TPSA) is 106 Å². The number of nitrogens with one attached hydrogen (secondary N) is 3. The Morgan fingerprint density at radius 3 is 1.43 bits per heavy atom. The Bertz CT molecular complexity index is 1130. The first kappa shape index (κ1) is 47.0. The van der Waals surface area contributed by atoms with Gasteiger partial charge >= 0.3 is 7.05 Å². The number of para-hydroxylation sites is 2. The maximum absolute atomic E-state index is 11.0. The van der Waals surface area contributed by atoms with E-state index in [1.54, 1.807) is 6.82 Å². The summed E-state index contributed by atoms with van der Waals surface area (Å²) in [5, 5.41) is 19.3. The molecule has 10 heteroatoms. The number of piperidine rings is 2. The van der Waals surface area contributed by atoms with Gasteiger partial charge in [0.15, 0.2) is 0 Å². The number of Topliss-reactive ketones (excluding diaryl/α,β-unsaturated/α-hetero) is 1. The van der Waals surface area contributed by atoms with Crippen molar-refractivity contribution in [2.45, 2.75) is 144 Å². The molecule has 8 nitrogen and oxygen atoms in total. The van der Waals surface area contributed by atoms with E-state index in [0.29, 0.717) is 24.7 Å². The summed E-state index contributed by atoms with van der Waals surface area (Å²) < 4.78 is 0. The van der Waals surface area contributed by atoms with Gasteiger partial charge in [0, 0.05) is 78.6 Å². The molecule has 2 aromatic carbocycles. The van der Waals surface area contributed by atoms with Gasteiger partial charge < -0.3 is 31.1 Å². The monoisotopic (exact) mass is 701 g/mol. The molecule has 49 heavy (non-hydrogen) atoms. The second kappa shape index (κ2) is 22.7. The third-order valence-electron chi connectivity index (χ3n) is 9.73. The number of benzene rings is 2. The van der Waals surface area contributed by atoms with Crippen LogP contribution in [-0.2, 0) is 4.79 Å². The summed E-state index contributed by atoms with van der Waals surface area (Å²) in [7, 11) is 2.13. The Kier molecular flexibility index (Phi) is 21.8. The third-order valence-corrected chi connectivity index (χ3v) is 10.4. The maximum Gasteiger partial charge on any atom is 0.374 e. The van der Waals surface area contributed by atoms with Crippen molar-refractivity contribution in [2.24, 2.45) is 5.73 Å². The fraction of sp³-hybridized carbons (Fsp3) is 0.667. The number of nitrogens with two attached hydrogens (primary N) is 1. The molecule has 0 saturated carbocycles. The molecule has 2 aliphatic heterocycles. The van der Waals surface area contributed by atoms with Gasteiger partial charge in [0.1, 0.15) is 5.78 Å². The number of rotatable bonds is 9. The lowest BCUT2D eigenvalue weighted by molar-refractivity contribution is -0.119. The van der Waals surface area contributed by atoms with Crippen LogP contribution in [0.2, 0.25) is 6.82 Å². The molecule has 0 aliphatic carbocycles. The first-order valence-corrected chi connectivity index (χ1v) is 19.1. The average Bonchev–Trinajstić information content (AvgIpc) is 3.07. The van der Waals surface area contributed by atoms with Crippen molar-refractivity contribution in [1.29, 1.82) is 0 Å². The van der Waals surface area contributed by atoms with Gasteiger partial charge in [-0.05, 0) is 99.3 Å². The number of hydrogen-bond acceptors (Lipinski definition) is 8. The summed E-state index contributed by atoms with van der Waals surface area (Å²) in [4.78, 5) is 15.8. The van der Waals surface area contributed by atoms with Crippen molar-refractivity contribution in [2.75, 3.05) is 36.0 Å². The van der Waals surface area contributed by atoms with E-state index in [4.69, 9.17) is 10.8 Å². The van der Waals surface area contributed by atoms with Gasteiger partial charge in [0.05, 0.1) is 0 Å². The van der Waals surface area contributed by atoms with Gasteiger partial charge in [0.2, 0.25) is 0 Å². The molecule has 0 radical (unpaired) electrons. The van der Waals surface area contributed by atoms with Crippen molar-refractivity contribution >= 4 is 33.6 Å². The first-order valence-electron chi connectivity index (χ1n) is 18.5. The summed E-state index contributed by atoms with van der Waals surface area (Å²) in [6.07, 6.45) is 3.81. The molecular formula is C39H74BN6O2P. The lowest BCUT2D eigenvalue weighted by atomic mass is 9.76. The van der Waals surface area contributed by atoms with E-state index in [-0.39, 0.29) is 22.2 Å². The van der Waals surface area contributed by atoms with Crippen LogP contribution in [-0.4, -0.2) is 72.2 Å². The third kappa shape index (κ3) is 16.7. The van der Waals surface area contributed by atoms with Crippen LogP contribution in [0.15, 0.2) is 60.7 Å². The van der Waals surface area contributed by atoms with Crippen molar-refractivity contribution in [3.05, 3.63) is 60.7 Å². The number of carbonyl (C=O) groups is 1. The van der Waals surface area contributed by atoms with Gasteiger partial charge in [-0.3, -0.25) is 9.88 Å². The largest absolute Gasteiger partial charge is 0.437 e. The second-order valence-electron chi connectivity index (χ2n) is 14.7. The van der Waals surface area contributed by atoms with Crippen LogP contribution in [0.3, 0.4) is 0 Å². The van der Waals surface area contributed by atoms with Crippen molar-refractivity contribution < 1.29 is 9.82 Å². The van der Waals surface area contributed by atoms with Crippen LogP contribution in [0.4, 0.5) is 11.4 Å². The average molecular weight is 701 g/mol. The highest BCUT2D eigenvalue weighted by Crippen LogP contribution is 2.26. The fourth-order valence-electron chi connectivity index (χ4n) is 5.15. The van der Waals surface area contributed by atoms with Crippen LogP contribution in [0.25, 0.3) is 0 Å². The molecule has 2 aromatic rings. The molecule has 0 bridgehead atoms. The maximum atomic E-state index is 11.0. The molecule has 2 heterocycles. The molecule has 2 saturated heterocycles. The van der Waals surface area contributed by atoms with E-state index in [1.807, 2.05) is 73.6 Å². The Labute approximate surface area is 304 Å². The molecular weight excluding hydrogens is 626 g/mol. The van der Waals surface area contributed by atoms with Gasteiger partial charge in [-0.15, -0.1) is 0 Å². The minimum atomic E-state index is -0.521. The van der Waals surface area contributed by atoms with Gasteiger partial charge in [-0.1, -0.05) is 73.5 Å². The number of hydrogen-bond donors (Lipinski definition) is 5. The predicted molar refractivity (Wildman–Crippen MR) is 221 cm³/mol. The van der Waals surface area contributed by atoms with E-state index >= 15 is 0 Å². The first-order chi connectivity index (χ1) is 22.9. The minimum Gasteiger partial charge on any atom is -0.437 e. The number of ketones is 1. The minimum absolute atomic E-state index is 0.0359. The van der Waals surface area contributed by atoms with E-state index in [9.17, 15) is 4.79 Å². The molecule has 0 aromatic heterocycles. The zero-order chi connectivity index (χ0) is 37.9. The molecule has 2 fully saturated rings. The van der Waals surface area contributed by atoms with Crippen molar-refractivity contribution in [1.82, 2.24) is 15.6 Å². The Balaban J connectivity index is 0.000000711. The molecule has 0 amide bonds. The highest BCUT2D eigenvalue weighted by atomic mass is 31.0. The molecule has 0 spiro atoms. The normalized spacial score (nSPS) is 15.6. The predicted octanol–water partition coefficient (Wildman–Crippen LogP) is 7.29. The van der Waals surface area contributed by atoms with Gasteiger partial charge in [-0.25, -0.2) is 0 Å². The summed E-state index contributed by atoms with van der Waals surface area (Å²) in [5.41, 5.74) is 7.95. The number of carbonyl (C=O) groups excluding carboxylic acids is 1. The lowest BCUT2D eigenvalue weighted by Crippen LogP contribution is -2.64. The Hall–Kier alpha value is -2.00. The fourth-order valence-corrected chi connectivity index (χ4v) is 5.51. The zero-order valence-electron chi connectivity index (χ0n) is 33.5. The Morgan fingerprint density at radius 2 is 1.10 bits per heavy atom. The van der Waals surface area contributed by atoms with Crippen LogP contribution < -0.4 is 31.2 Å². The zero-order valence-corrected chi connectivity index (χ0v) is 34.6. The summed E-state index contributed by atoms with van der Waals surface area (Å²) in [5.74, 6) is 0.396. The highest BCUT2D eigenvalue weighted by molar-refractivity contribution is 7.13. The second-order valence-corrected chi connectivity index (χ2v) is 15.0. The lowest BCUT2D eigenvalue weighted by Gasteiger charge is -2.46. The van der Waals surface area contributed by atoms with Crippen molar-refractivity contribution in [3.8, 4) is 0 Å². The van der Waals surface area contributed by atoms with Crippen molar-refractivity contribution in [3.63, 3.8) is 0 Å². The molecule has 1 unspecified atom stereocenters. The summed E-state index contributed by atoms with van der Waals surface area (Å²) in [6, 6.07) is 21.6. The summed E-state index contributed by atoms with van der Waals surface area (Å²) >= 11 is 0. The smallest absolute Gasteiger partial charge is 0.374 e.